The molecular weight excluding hydrogens is 433 g/mol. The number of aliphatic imine (C=N–C) groups is 1. The molecule has 5 nitrogen and oxygen atoms in total. The van der Waals surface area contributed by atoms with E-state index in [9.17, 15) is 8.42 Å². The lowest BCUT2D eigenvalue weighted by atomic mass is 10.3. The van der Waals surface area contributed by atoms with Gasteiger partial charge in [0.05, 0.1) is 5.75 Å². The quantitative estimate of drug-likeness (QED) is 0.280. The Hall–Kier alpha value is -0.350. The molecule has 0 unspecified atom stereocenters. The lowest BCUT2D eigenvalue weighted by molar-refractivity contribution is 0.486. The predicted octanol–water partition coefficient (Wildman–Crippen LogP) is 2.24. The van der Waals surface area contributed by atoms with Gasteiger partial charge in [-0.3, -0.25) is 4.99 Å². The van der Waals surface area contributed by atoms with Crippen molar-refractivity contribution in [2.75, 3.05) is 38.7 Å². The van der Waals surface area contributed by atoms with Crippen LogP contribution in [-0.2, 0) is 16.3 Å². The molecule has 0 bridgehead atoms. The number of sulfone groups is 1. The monoisotopic (exact) mass is 459 g/mol. The molecule has 1 heterocycles. The maximum absolute atomic E-state index is 11.1. The number of hydrogen-bond donors (Lipinski definition) is 1. The van der Waals surface area contributed by atoms with Gasteiger partial charge in [-0.1, -0.05) is 6.07 Å². The van der Waals surface area contributed by atoms with E-state index in [0.717, 1.165) is 25.5 Å². The van der Waals surface area contributed by atoms with Crippen LogP contribution < -0.4 is 5.32 Å². The molecule has 0 aromatic carbocycles. The largest absolute Gasteiger partial charge is 0.357 e. The van der Waals surface area contributed by atoms with Crippen LogP contribution in [0.4, 0.5) is 0 Å². The van der Waals surface area contributed by atoms with Crippen molar-refractivity contribution in [2.24, 2.45) is 4.99 Å². The van der Waals surface area contributed by atoms with E-state index in [1.54, 1.807) is 11.3 Å². The van der Waals surface area contributed by atoms with Crippen LogP contribution in [0.25, 0.3) is 0 Å². The minimum absolute atomic E-state index is 0. The van der Waals surface area contributed by atoms with Crippen LogP contribution >= 0.6 is 35.3 Å². The van der Waals surface area contributed by atoms with Crippen molar-refractivity contribution in [2.45, 2.75) is 19.8 Å². The first kappa shape index (κ1) is 21.6. The number of nitrogens with zero attached hydrogens (tertiary/aromatic N) is 2. The standard InChI is InChI=1S/C14H25N3O2S2.HI/c1-4-15-14(16-9-6-12-21(3,18)19)17(2)10-8-13-7-5-11-20-13;/h5,7,11H,4,6,8-10,12H2,1-3H3,(H,15,16);1H. The number of hydrogen-bond acceptors (Lipinski definition) is 4. The minimum atomic E-state index is -2.90. The summed E-state index contributed by atoms with van der Waals surface area (Å²) in [5.74, 6) is 1.03. The molecule has 0 aliphatic rings. The zero-order valence-electron chi connectivity index (χ0n) is 13.4. The Morgan fingerprint density at radius 1 is 1.45 bits per heavy atom. The van der Waals surface area contributed by atoms with E-state index in [4.69, 9.17) is 0 Å². The summed E-state index contributed by atoms with van der Waals surface area (Å²) >= 11 is 1.76. The predicted molar refractivity (Wildman–Crippen MR) is 106 cm³/mol. The van der Waals surface area contributed by atoms with E-state index >= 15 is 0 Å². The van der Waals surface area contributed by atoms with Gasteiger partial charge in [-0.2, -0.15) is 0 Å². The van der Waals surface area contributed by atoms with Crippen LogP contribution in [0.5, 0.6) is 0 Å². The Morgan fingerprint density at radius 2 is 2.18 bits per heavy atom. The van der Waals surface area contributed by atoms with Crippen molar-refractivity contribution in [1.82, 2.24) is 10.2 Å². The number of guanidine groups is 1. The van der Waals surface area contributed by atoms with Crippen molar-refractivity contribution in [3.63, 3.8) is 0 Å². The Labute approximate surface area is 155 Å². The normalized spacial score (nSPS) is 11.9. The van der Waals surface area contributed by atoms with Crippen LogP contribution in [0.3, 0.4) is 0 Å². The molecule has 0 aliphatic carbocycles. The average molecular weight is 459 g/mol. The first-order valence-corrected chi connectivity index (χ1v) is 10.1. The van der Waals surface area contributed by atoms with Gasteiger partial charge in [-0.25, -0.2) is 8.42 Å². The highest BCUT2D eigenvalue weighted by Crippen LogP contribution is 2.09. The molecule has 0 fully saturated rings. The van der Waals surface area contributed by atoms with Gasteiger partial charge < -0.3 is 10.2 Å². The molecule has 0 amide bonds. The van der Waals surface area contributed by atoms with Crippen molar-refractivity contribution < 1.29 is 8.42 Å². The third kappa shape index (κ3) is 9.62. The van der Waals surface area contributed by atoms with E-state index in [1.807, 2.05) is 14.0 Å². The maximum Gasteiger partial charge on any atom is 0.193 e. The van der Waals surface area contributed by atoms with Gasteiger partial charge >= 0.3 is 0 Å². The third-order valence-corrected chi connectivity index (χ3v) is 4.87. The van der Waals surface area contributed by atoms with Crippen molar-refractivity contribution in [3.8, 4) is 0 Å². The van der Waals surface area contributed by atoms with Crippen LogP contribution in [0.1, 0.15) is 18.2 Å². The summed E-state index contributed by atoms with van der Waals surface area (Å²) in [6.45, 7) is 4.24. The molecule has 0 saturated heterocycles. The Kier molecular flexibility index (Phi) is 11.0. The SMILES string of the molecule is CCNC(=NCCCS(C)(=O)=O)N(C)CCc1cccs1.I. The summed E-state index contributed by atoms with van der Waals surface area (Å²) in [5.41, 5.74) is 0. The second kappa shape index (κ2) is 11.2. The molecule has 8 heteroatoms. The van der Waals surface area contributed by atoms with E-state index in [2.05, 4.69) is 32.7 Å². The van der Waals surface area contributed by atoms with Gasteiger partial charge in [0.25, 0.3) is 0 Å². The Morgan fingerprint density at radius 3 is 2.73 bits per heavy atom. The summed E-state index contributed by atoms with van der Waals surface area (Å²) in [6.07, 6.45) is 2.81. The Bertz CT molecular complexity index is 530. The zero-order chi connectivity index (χ0) is 15.7. The van der Waals surface area contributed by atoms with Crippen LogP contribution in [-0.4, -0.2) is 58.0 Å². The summed E-state index contributed by atoms with van der Waals surface area (Å²) < 4.78 is 22.2. The number of rotatable bonds is 8. The maximum atomic E-state index is 11.1. The molecular formula is C14H26IN3O2S2. The highest BCUT2D eigenvalue weighted by molar-refractivity contribution is 14.0. The zero-order valence-corrected chi connectivity index (χ0v) is 17.4. The van der Waals surface area contributed by atoms with Gasteiger partial charge in [0.2, 0.25) is 0 Å². The highest BCUT2D eigenvalue weighted by atomic mass is 127. The molecule has 0 spiro atoms. The average Bonchev–Trinajstić information content (AvgIpc) is 2.91. The number of halogens is 1. The summed E-state index contributed by atoms with van der Waals surface area (Å²) in [6, 6.07) is 4.19. The molecule has 22 heavy (non-hydrogen) atoms. The molecule has 128 valence electrons. The molecule has 0 saturated carbocycles. The fourth-order valence-corrected chi connectivity index (χ4v) is 3.17. The topological polar surface area (TPSA) is 61.8 Å². The molecule has 1 aromatic heterocycles. The van der Waals surface area contributed by atoms with Crippen LogP contribution in [0, 0.1) is 0 Å². The second-order valence-corrected chi connectivity index (χ2v) is 8.26. The Balaban J connectivity index is 0.00000441. The van der Waals surface area contributed by atoms with Crippen LogP contribution in [0.15, 0.2) is 22.5 Å². The lowest BCUT2D eigenvalue weighted by Crippen LogP contribution is -2.40. The second-order valence-electron chi connectivity index (χ2n) is 4.97. The third-order valence-electron chi connectivity index (χ3n) is 2.90. The lowest BCUT2D eigenvalue weighted by Gasteiger charge is -2.21. The molecule has 0 aliphatic heterocycles. The van der Waals surface area contributed by atoms with E-state index in [0.29, 0.717) is 13.0 Å². The molecule has 1 rings (SSSR count). The summed E-state index contributed by atoms with van der Waals surface area (Å²) in [4.78, 5) is 7.93. The van der Waals surface area contributed by atoms with Crippen molar-refractivity contribution in [3.05, 3.63) is 22.4 Å². The fourth-order valence-electron chi connectivity index (χ4n) is 1.82. The number of likely N-dealkylation sites (N-methyl/N-ethyl adjacent to an activating group) is 1. The first-order chi connectivity index (χ1) is 9.92. The van der Waals surface area contributed by atoms with Gasteiger partial charge in [0, 0.05) is 37.8 Å². The molecule has 1 aromatic rings. The van der Waals surface area contributed by atoms with Gasteiger partial charge in [0.1, 0.15) is 9.84 Å². The molecule has 0 radical (unpaired) electrons. The molecule has 1 N–H and O–H groups in total. The van der Waals surface area contributed by atoms with E-state index in [-0.39, 0.29) is 29.7 Å². The van der Waals surface area contributed by atoms with Crippen molar-refractivity contribution in [1.29, 1.82) is 0 Å². The summed E-state index contributed by atoms with van der Waals surface area (Å²) in [7, 11) is -0.891. The van der Waals surface area contributed by atoms with Crippen LogP contribution in [0.2, 0.25) is 0 Å². The van der Waals surface area contributed by atoms with Gasteiger partial charge in [-0.15, -0.1) is 35.3 Å². The smallest absolute Gasteiger partial charge is 0.193 e. The van der Waals surface area contributed by atoms with E-state index in [1.165, 1.54) is 11.1 Å². The van der Waals surface area contributed by atoms with Gasteiger partial charge in [0.15, 0.2) is 5.96 Å². The fraction of sp³-hybridized carbons (Fsp3) is 0.643. The highest BCUT2D eigenvalue weighted by Gasteiger charge is 2.06. The van der Waals surface area contributed by atoms with Gasteiger partial charge in [-0.05, 0) is 31.2 Å². The minimum Gasteiger partial charge on any atom is -0.357 e. The number of thiophene rings is 1. The van der Waals surface area contributed by atoms with Crippen molar-refractivity contribution >= 4 is 51.1 Å². The molecule has 0 atom stereocenters. The first-order valence-electron chi connectivity index (χ1n) is 7.12. The number of nitrogens with one attached hydrogen (secondary N) is 1. The summed E-state index contributed by atoms with van der Waals surface area (Å²) in [5, 5.41) is 5.32. The van der Waals surface area contributed by atoms with E-state index < -0.39 is 9.84 Å².